The second-order valence-corrected chi connectivity index (χ2v) is 8.91. The zero-order valence-electron chi connectivity index (χ0n) is 18.4. The van der Waals surface area contributed by atoms with E-state index in [0.717, 1.165) is 0 Å². The van der Waals surface area contributed by atoms with Crippen molar-refractivity contribution in [1.82, 2.24) is 20.3 Å². The van der Waals surface area contributed by atoms with E-state index in [4.69, 9.17) is 11.3 Å². The van der Waals surface area contributed by atoms with Crippen molar-refractivity contribution in [2.45, 2.75) is 18.2 Å². The molecule has 3 heterocycles. The fraction of sp³-hybridized carbons (Fsp3) is 0.333. The lowest BCUT2D eigenvalue weighted by molar-refractivity contribution is 0.129. The molecule has 0 radical (unpaired) electrons. The summed E-state index contributed by atoms with van der Waals surface area (Å²) in [4.78, 5) is 17.5. The molecule has 3 aromatic rings. The average Bonchev–Trinajstić information content (AvgIpc) is 3.35. The summed E-state index contributed by atoms with van der Waals surface area (Å²) in [5.74, 6) is -0.833. The molecule has 2 aromatic carbocycles. The van der Waals surface area contributed by atoms with E-state index >= 15 is 8.78 Å². The average molecular weight is 499 g/mol. The Kier molecular flexibility index (Phi) is 5.69. The summed E-state index contributed by atoms with van der Waals surface area (Å²) >= 11 is 0. The maximum atomic E-state index is 15.1. The lowest BCUT2D eigenvalue weighted by Crippen LogP contribution is -2.26. The topological polar surface area (TPSA) is 76.6 Å². The van der Waals surface area contributed by atoms with Crippen molar-refractivity contribution in [3.8, 4) is 11.1 Å². The van der Waals surface area contributed by atoms with Gasteiger partial charge in [-0.3, -0.25) is 4.90 Å². The van der Waals surface area contributed by atoms with Crippen molar-refractivity contribution in [2.75, 3.05) is 24.5 Å². The number of amides is 1. The Balaban J connectivity index is 0.00000253. The quantitative estimate of drug-likeness (QED) is 0.544. The van der Waals surface area contributed by atoms with Crippen molar-refractivity contribution in [2.24, 2.45) is 11.8 Å². The normalized spacial score (nSPS) is 26.6. The Labute approximate surface area is 206 Å². The lowest BCUT2D eigenvalue weighted by atomic mass is 9.95. The first-order valence-electron chi connectivity index (χ1n) is 11.0. The van der Waals surface area contributed by atoms with Crippen LogP contribution in [0.15, 0.2) is 48.8 Å². The summed E-state index contributed by atoms with van der Waals surface area (Å²) in [6.45, 7) is 9.68. The van der Waals surface area contributed by atoms with Gasteiger partial charge in [-0.25, -0.2) is 24.8 Å². The van der Waals surface area contributed by atoms with Crippen LogP contribution in [0.4, 0.5) is 19.3 Å². The number of nitrogens with zero attached hydrogens (tertiary/aromatic N) is 5. The molecule has 35 heavy (non-hydrogen) atoms. The minimum absolute atomic E-state index is 0. The summed E-state index contributed by atoms with van der Waals surface area (Å²) in [6.07, 6.45) is 2.20. The molecule has 1 aliphatic carbocycles. The van der Waals surface area contributed by atoms with Crippen LogP contribution in [0, 0.1) is 30.0 Å². The predicted molar refractivity (Wildman–Crippen MR) is 125 cm³/mol. The number of carbonyl (C=O) groups is 1. The first kappa shape index (κ1) is 23.2. The molecule has 1 unspecified atom stereocenters. The number of piperidine rings is 1. The maximum absolute atomic E-state index is 15.1. The number of hydrogen-bond acceptors (Lipinski definition) is 5. The van der Waals surface area contributed by atoms with E-state index in [1.807, 2.05) is 0 Å². The zero-order chi connectivity index (χ0) is 23.4. The zero-order valence-corrected chi connectivity index (χ0v) is 19.2. The van der Waals surface area contributed by atoms with Gasteiger partial charge >= 0.3 is 6.09 Å². The highest BCUT2D eigenvalue weighted by atomic mass is 35.5. The fourth-order valence-electron chi connectivity index (χ4n) is 5.42. The number of fused-ring (bicyclic) bond motifs is 1. The van der Waals surface area contributed by atoms with Crippen molar-refractivity contribution in [3.63, 3.8) is 0 Å². The molecule has 0 spiro atoms. The molecule has 8 nitrogen and oxygen atoms in total. The van der Waals surface area contributed by atoms with Crippen LogP contribution in [-0.4, -0.2) is 46.8 Å². The van der Waals surface area contributed by atoms with Gasteiger partial charge in [-0.05, 0) is 35.9 Å². The van der Waals surface area contributed by atoms with E-state index in [1.54, 1.807) is 29.1 Å². The van der Waals surface area contributed by atoms with E-state index < -0.39 is 29.4 Å². The van der Waals surface area contributed by atoms with E-state index in [2.05, 4.69) is 20.5 Å². The SMILES string of the molecule is Cl.[C-]#[N+]C1(c2ccc(-c3ccc(N4C[C@H](Cn5ccnn5)OC4=O)cc3F)cc2F)[C@@H]2CNC[C@@H]21. The van der Waals surface area contributed by atoms with Crippen LogP contribution in [0.3, 0.4) is 0 Å². The predicted octanol–water partition coefficient (Wildman–Crippen LogP) is 3.63. The molecule has 6 rings (SSSR count). The van der Waals surface area contributed by atoms with Crippen LogP contribution in [0.2, 0.25) is 0 Å². The second kappa shape index (κ2) is 8.59. The second-order valence-electron chi connectivity index (χ2n) is 8.91. The number of ether oxygens (including phenoxy) is 1. The molecule has 2 aliphatic heterocycles. The van der Waals surface area contributed by atoms with Crippen molar-refractivity contribution < 1.29 is 18.3 Å². The number of anilines is 1. The third-order valence-corrected chi connectivity index (χ3v) is 7.13. The van der Waals surface area contributed by atoms with Gasteiger partial charge in [-0.1, -0.05) is 11.3 Å². The van der Waals surface area contributed by atoms with Gasteiger partial charge < -0.3 is 14.9 Å². The van der Waals surface area contributed by atoms with Gasteiger partial charge in [0, 0.05) is 24.8 Å². The first-order chi connectivity index (χ1) is 16.5. The third-order valence-electron chi connectivity index (χ3n) is 7.13. The molecule has 1 N–H and O–H groups in total. The van der Waals surface area contributed by atoms with Gasteiger partial charge in [0.15, 0.2) is 0 Å². The number of nitrogens with one attached hydrogen (secondary N) is 1. The van der Waals surface area contributed by atoms with Crippen molar-refractivity contribution >= 4 is 24.2 Å². The number of aromatic nitrogens is 3. The molecule has 3 fully saturated rings. The Hall–Kier alpha value is -3.55. The van der Waals surface area contributed by atoms with Crippen LogP contribution in [-0.2, 0) is 16.8 Å². The van der Waals surface area contributed by atoms with Crippen LogP contribution >= 0.6 is 12.4 Å². The van der Waals surface area contributed by atoms with E-state index in [1.165, 1.54) is 29.3 Å². The Morgan fingerprint density at radius 1 is 1.17 bits per heavy atom. The van der Waals surface area contributed by atoms with Crippen molar-refractivity contribution in [3.05, 3.63) is 77.4 Å². The minimum atomic E-state index is -0.810. The monoisotopic (exact) mass is 498 g/mol. The molecule has 2 saturated heterocycles. The van der Waals surface area contributed by atoms with Gasteiger partial charge in [0.1, 0.15) is 17.7 Å². The summed E-state index contributed by atoms with van der Waals surface area (Å²) in [5.41, 5.74) is 0.528. The molecule has 0 bridgehead atoms. The molecule has 180 valence electrons. The number of cyclic esters (lactones) is 1. The van der Waals surface area contributed by atoms with E-state index in [-0.39, 0.29) is 36.4 Å². The first-order valence-corrected chi connectivity index (χ1v) is 11.0. The van der Waals surface area contributed by atoms with Gasteiger partial charge in [0.2, 0.25) is 0 Å². The summed E-state index contributed by atoms with van der Waals surface area (Å²) < 4.78 is 37.1. The molecular formula is C24H21ClF2N6O2. The maximum Gasteiger partial charge on any atom is 0.414 e. The van der Waals surface area contributed by atoms with Crippen LogP contribution in [0.25, 0.3) is 16.0 Å². The minimum Gasteiger partial charge on any atom is -0.442 e. The molecular weight excluding hydrogens is 478 g/mol. The van der Waals surface area contributed by atoms with Gasteiger partial charge in [-0.15, -0.1) is 17.5 Å². The highest BCUT2D eigenvalue weighted by Gasteiger charge is 2.76. The standard InChI is InChI=1S/C24H20F2N6O2.ClH/c1-27-24(19-10-28-11-20(19)24)18-5-2-14(8-22(18)26)17-4-3-15(9-21(17)25)32-13-16(34-23(32)33)12-31-7-6-29-30-31;/h2-9,16,19-20,28H,10-13H2;1H/t16-,19-,20+,24?;/m0./s1. The lowest BCUT2D eigenvalue weighted by Gasteiger charge is -2.15. The van der Waals surface area contributed by atoms with Crippen LogP contribution in [0.5, 0.6) is 0 Å². The number of carbonyl (C=O) groups excluding carboxylic acids is 1. The molecule has 11 heteroatoms. The number of rotatable bonds is 5. The summed E-state index contributed by atoms with van der Waals surface area (Å²) in [7, 11) is 0. The Morgan fingerprint density at radius 2 is 1.97 bits per heavy atom. The highest BCUT2D eigenvalue weighted by Crippen LogP contribution is 2.63. The van der Waals surface area contributed by atoms with E-state index in [9.17, 15) is 4.79 Å². The van der Waals surface area contributed by atoms with Gasteiger partial charge in [0.05, 0.1) is 42.4 Å². The summed E-state index contributed by atoms with van der Waals surface area (Å²) in [5, 5.41) is 10.8. The van der Waals surface area contributed by atoms with Crippen LogP contribution < -0.4 is 10.2 Å². The van der Waals surface area contributed by atoms with Gasteiger partial charge in [-0.2, -0.15) is 0 Å². The highest BCUT2D eigenvalue weighted by molar-refractivity contribution is 5.90. The smallest absolute Gasteiger partial charge is 0.414 e. The molecule has 1 aromatic heterocycles. The van der Waals surface area contributed by atoms with Crippen molar-refractivity contribution in [1.29, 1.82) is 0 Å². The number of benzene rings is 2. The summed E-state index contributed by atoms with van der Waals surface area (Å²) in [6, 6.07) is 8.94. The van der Waals surface area contributed by atoms with Crippen LogP contribution in [0.1, 0.15) is 5.56 Å². The Morgan fingerprint density at radius 3 is 2.63 bits per heavy atom. The Bertz CT molecular complexity index is 1320. The van der Waals surface area contributed by atoms with E-state index in [0.29, 0.717) is 36.4 Å². The third kappa shape index (κ3) is 3.63. The molecule has 4 atom stereocenters. The molecule has 1 saturated carbocycles. The molecule has 3 aliphatic rings. The molecule has 1 amide bonds. The number of hydrogen-bond donors (Lipinski definition) is 1. The number of halogens is 3. The fourth-order valence-corrected chi connectivity index (χ4v) is 5.42. The largest absolute Gasteiger partial charge is 0.442 e. The van der Waals surface area contributed by atoms with Gasteiger partial charge in [0.25, 0.3) is 5.54 Å².